The van der Waals surface area contributed by atoms with Gasteiger partial charge in [0.05, 0.1) is 19.3 Å². The minimum Gasteiger partial charge on any atom is -0.493 e. The van der Waals surface area contributed by atoms with E-state index in [4.69, 9.17) is 18.9 Å². The van der Waals surface area contributed by atoms with Crippen molar-refractivity contribution in [2.45, 2.75) is 45.3 Å². The van der Waals surface area contributed by atoms with Crippen molar-refractivity contribution in [1.29, 1.82) is 0 Å². The molecule has 2 fully saturated rings. The maximum atomic E-state index is 6.13. The molecule has 0 bridgehead atoms. The molecular formula is C23H38IN3O4. The van der Waals surface area contributed by atoms with E-state index >= 15 is 0 Å². The van der Waals surface area contributed by atoms with Crippen LogP contribution in [0.1, 0.15) is 36.8 Å². The lowest BCUT2D eigenvalue weighted by Gasteiger charge is -2.22. The van der Waals surface area contributed by atoms with Crippen LogP contribution in [0.15, 0.2) is 23.2 Å². The molecule has 176 valence electrons. The number of aliphatic imine (C=N–C) groups is 1. The fourth-order valence-corrected chi connectivity index (χ4v) is 3.64. The molecule has 0 radical (unpaired) electrons. The molecule has 7 nitrogen and oxygen atoms in total. The summed E-state index contributed by atoms with van der Waals surface area (Å²) < 4.78 is 22.9. The number of nitrogens with one attached hydrogen (secondary N) is 2. The van der Waals surface area contributed by atoms with Gasteiger partial charge in [0.2, 0.25) is 0 Å². The molecule has 2 N–H and O–H groups in total. The largest absolute Gasteiger partial charge is 0.493 e. The van der Waals surface area contributed by atoms with Crippen molar-refractivity contribution in [3.8, 4) is 5.75 Å². The second kappa shape index (κ2) is 14.9. The molecule has 0 spiro atoms. The Morgan fingerprint density at radius 1 is 1.13 bits per heavy atom. The number of hydrogen-bond donors (Lipinski definition) is 2. The van der Waals surface area contributed by atoms with Gasteiger partial charge in [-0.25, -0.2) is 0 Å². The summed E-state index contributed by atoms with van der Waals surface area (Å²) in [7, 11) is 1.79. The number of halogens is 1. The molecule has 2 saturated heterocycles. The summed E-state index contributed by atoms with van der Waals surface area (Å²) in [6.07, 6.45) is 4.39. The Kier molecular flexibility index (Phi) is 12.5. The average molecular weight is 547 g/mol. The van der Waals surface area contributed by atoms with Gasteiger partial charge in [0.1, 0.15) is 5.75 Å². The van der Waals surface area contributed by atoms with E-state index in [0.717, 1.165) is 82.5 Å². The Morgan fingerprint density at radius 3 is 2.68 bits per heavy atom. The van der Waals surface area contributed by atoms with Gasteiger partial charge in [0.25, 0.3) is 0 Å². The number of guanidine groups is 1. The molecule has 8 heteroatoms. The Bertz CT molecular complexity index is 662. The molecule has 1 unspecified atom stereocenters. The van der Waals surface area contributed by atoms with E-state index in [1.165, 1.54) is 5.56 Å². The fourth-order valence-electron chi connectivity index (χ4n) is 3.64. The molecule has 1 aromatic carbocycles. The number of rotatable bonds is 10. The highest BCUT2D eigenvalue weighted by Gasteiger charge is 2.17. The van der Waals surface area contributed by atoms with Crippen LogP contribution in [-0.4, -0.2) is 65.3 Å². The molecule has 31 heavy (non-hydrogen) atoms. The topological polar surface area (TPSA) is 73.3 Å². The van der Waals surface area contributed by atoms with Gasteiger partial charge in [-0.15, -0.1) is 24.0 Å². The summed E-state index contributed by atoms with van der Waals surface area (Å²) in [6, 6.07) is 6.35. The first-order chi connectivity index (χ1) is 14.7. The molecular weight excluding hydrogens is 509 g/mol. The third kappa shape index (κ3) is 9.51. The summed E-state index contributed by atoms with van der Waals surface area (Å²) in [5, 5.41) is 6.75. The van der Waals surface area contributed by atoms with E-state index in [1.54, 1.807) is 7.05 Å². The number of aryl methyl sites for hydroxylation is 1. The minimum absolute atomic E-state index is 0. The number of nitrogens with zero attached hydrogens (tertiary/aromatic N) is 1. The third-order valence-corrected chi connectivity index (χ3v) is 5.53. The normalized spacial score (nSPS) is 19.7. The zero-order valence-corrected chi connectivity index (χ0v) is 21.2. The van der Waals surface area contributed by atoms with Gasteiger partial charge in [-0.2, -0.15) is 0 Å². The first-order valence-corrected chi connectivity index (χ1v) is 11.2. The highest BCUT2D eigenvalue weighted by molar-refractivity contribution is 14.0. The summed E-state index contributed by atoms with van der Waals surface area (Å²) in [5.41, 5.74) is 2.33. The molecule has 2 aliphatic rings. The van der Waals surface area contributed by atoms with Crippen molar-refractivity contribution in [1.82, 2.24) is 10.6 Å². The molecule has 0 aromatic heterocycles. The summed E-state index contributed by atoms with van der Waals surface area (Å²) in [5.74, 6) is 2.22. The average Bonchev–Trinajstić information content (AvgIpc) is 3.29. The number of hydrogen-bond acceptors (Lipinski definition) is 5. The van der Waals surface area contributed by atoms with Crippen molar-refractivity contribution < 1.29 is 18.9 Å². The van der Waals surface area contributed by atoms with E-state index in [2.05, 4.69) is 40.7 Å². The predicted molar refractivity (Wildman–Crippen MR) is 134 cm³/mol. The second-order valence-electron chi connectivity index (χ2n) is 8.04. The molecule has 1 atom stereocenters. The number of benzene rings is 1. The lowest BCUT2D eigenvalue weighted by molar-refractivity contribution is -0.0320. The third-order valence-electron chi connectivity index (χ3n) is 5.53. The van der Waals surface area contributed by atoms with Crippen molar-refractivity contribution in [2.24, 2.45) is 10.9 Å². The fraction of sp³-hybridized carbons (Fsp3) is 0.696. The molecule has 0 aliphatic carbocycles. The van der Waals surface area contributed by atoms with Crippen LogP contribution in [0.5, 0.6) is 5.75 Å². The lowest BCUT2D eigenvalue weighted by atomic mass is 10.1. The van der Waals surface area contributed by atoms with Gasteiger partial charge in [-0.3, -0.25) is 4.99 Å². The van der Waals surface area contributed by atoms with Crippen LogP contribution in [0.4, 0.5) is 0 Å². The quantitative estimate of drug-likeness (QED) is 0.203. The zero-order valence-electron chi connectivity index (χ0n) is 18.9. The van der Waals surface area contributed by atoms with Crippen LogP contribution >= 0.6 is 24.0 Å². The van der Waals surface area contributed by atoms with E-state index in [0.29, 0.717) is 25.2 Å². The molecule has 0 amide bonds. The zero-order chi connectivity index (χ0) is 21.0. The van der Waals surface area contributed by atoms with Gasteiger partial charge >= 0.3 is 0 Å². The first kappa shape index (κ1) is 26.2. The smallest absolute Gasteiger partial charge is 0.191 e. The molecule has 0 saturated carbocycles. The highest BCUT2D eigenvalue weighted by Crippen LogP contribution is 2.22. The maximum Gasteiger partial charge on any atom is 0.191 e. The van der Waals surface area contributed by atoms with Gasteiger partial charge in [-0.1, -0.05) is 12.1 Å². The van der Waals surface area contributed by atoms with Gasteiger partial charge in [-0.05, 0) is 44.2 Å². The van der Waals surface area contributed by atoms with E-state index in [1.807, 2.05) is 0 Å². The Morgan fingerprint density at radius 2 is 1.94 bits per heavy atom. The van der Waals surface area contributed by atoms with Gasteiger partial charge in [0, 0.05) is 58.0 Å². The summed E-state index contributed by atoms with van der Waals surface area (Å²) in [6.45, 7) is 8.32. The molecule has 1 aromatic rings. The maximum absolute atomic E-state index is 6.13. The van der Waals surface area contributed by atoms with Gasteiger partial charge in [0.15, 0.2) is 5.96 Å². The number of ether oxygens (including phenoxy) is 4. The summed E-state index contributed by atoms with van der Waals surface area (Å²) >= 11 is 0. The standard InChI is InChI=1S/C23H37N3O4.HI/c1-18-4-5-20(22(14-18)30-17-19-6-11-28-16-19)15-26-23(24-2)25-9-3-10-29-21-7-12-27-13-8-21;/h4-5,14,19,21H,3,6-13,15-17H2,1-2H3,(H2,24,25,26);1H. The van der Waals surface area contributed by atoms with Crippen LogP contribution in [0.25, 0.3) is 0 Å². The van der Waals surface area contributed by atoms with Crippen LogP contribution in [0.3, 0.4) is 0 Å². The lowest BCUT2D eigenvalue weighted by Crippen LogP contribution is -2.37. The van der Waals surface area contributed by atoms with Crippen LogP contribution < -0.4 is 15.4 Å². The monoisotopic (exact) mass is 547 g/mol. The van der Waals surface area contributed by atoms with Crippen molar-refractivity contribution in [2.75, 3.05) is 53.2 Å². The van der Waals surface area contributed by atoms with Crippen molar-refractivity contribution >= 4 is 29.9 Å². The molecule has 2 aliphatic heterocycles. The van der Waals surface area contributed by atoms with Crippen molar-refractivity contribution in [3.63, 3.8) is 0 Å². The highest BCUT2D eigenvalue weighted by atomic mass is 127. The minimum atomic E-state index is 0. The van der Waals surface area contributed by atoms with E-state index < -0.39 is 0 Å². The van der Waals surface area contributed by atoms with Crippen LogP contribution in [0, 0.1) is 12.8 Å². The van der Waals surface area contributed by atoms with Crippen LogP contribution in [0.2, 0.25) is 0 Å². The first-order valence-electron chi connectivity index (χ1n) is 11.2. The second-order valence-corrected chi connectivity index (χ2v) is 8.04. The van der Waals surface area contributed by atoms with Crippen LogP contribution in [-0.2, 0) is 20.8 Å². The predicted octanol–water partition coefficient (Wildman–Crippen LogP) is 3.28. The Balaban J connectivity index is 0.00000341. The van der Waals surface area contributed by atoms with Crippen molar-refractivity contribution in [3.05, 3.63) is 29.3 Å². The molecule has 2 heterocycles. The summed E-state index contributed by atoms with van der Waals surface area (Å²) in [4.78, 5) is 4.33. The Hall–Kier alpha value is -1.10. The van der Waals surface area contributed by atoms with E-state index in [9.17, 15) is 0 Å². The van der Waals surface area contributed by atoms with E-state index in [-0.39, 0.29) is 24.0 Å². The van der Waals surface area contributed by atoms with Gasteiger partial charge < -0.3 is 29.6 Å². The molecule has 3 rings (SSSR count). The Labute approximate surface area is 203 Å². The SMILES string of the molecule is CN=C(NCCCOC1CCOCC1)NCc1ccc(C)cc1OCC1CCOC1.I.